The zero-order valence-electron chi connectivity index (χ0n) is 33.0. The van der Waals surface area contributed by atoms with Crippen LogP contribution >= 0.6 is 11.3 Å². The van der Waals surface area contributed by atoms with Gasteiger partial charge in [-0.25, -0.2) is 19.9 Å². The maximum Gasteiger partial charge on any atom is 0.164 e. The van der Waals surface area contributed by atoms with Gasteiger partial charge in [-0.2, -0.15) is 0 Å². The predicted molar refractivity (Wildman–Crippen MR) is 254 cm³/mol. The van der Waals surface area contributed by atoms with Crippen LogP contribution in [0.1, 0.15) is 0 Å². The fraction of sp³-hybridized carbons (Fsp3) is 0. The van der Waals surface area contributed by atoms with Gasteiger partial charge >= 0.3 is 0 Å². The molecule has 0 saturated heterocycles. The first-order chi connectivity index (χ1) is 30.2. The second-order valence-corrected chi connectivity index (χ2v) is 16.0. The van der Waals surface area contributed by atoms with E-state index in [1.54, 1.807) is 0 Å². The molecule has 8 aromatic carbocycles. The van der Waals surface area contributed by atoms with Crippen molar-refractivity contribution >= 4 is 32.3 Å². The van der Waals surface area contributed by atoms with Gasteiger partial charge in [0.2, 0.25) is 0 Å². The van der Waals surface area contributed by atoms with E-state index >= 15 is 0 Å². The van der Waals surface area contributed by atoms with Crippen LogP contribution in [0.3, 0.4) is 0 Å². The molecule has 4 nitrogen and oxygen atoms in total. The van der Waals surface area contributed by atoms with Crippen molar-refractivity contribution < 1.29 is 0 Å². The Morgan fingerprint density at radius 3 is 1.28 bits per heavy atom. The Kier molecular flexibility index (Phi) is 9.34. The first-order valence-corrected chi connectivity index (χ1v) is 21.2. The molecule has 0 aliphatic rings. The maximum atomic E-state index is 5.32. The number of benzene rings is 8. The summed E-state index contributed by atoms with van der Waals surface area (Å²) in [5.74, 6) is 1.86. The lowest BCUT2D eigenvalue weighted by Gasteiger charge is -2.12. The van der Waals surface area contributed by atoms with Crippen molar-refractivity contribution in [2.75, 3.05) is 0 Å². The predicted octanol–water partition coefficient (Wildman–Crippen LogP) is 15.0. The molecule has 0 atom stereocenters. The van der Waals surface area contributed by atoms with Gasteiger partial charge in [-0.05, 0) is 51.6 Å². The summed E-state index contributed by atoms with van der Waals surface area (Å²) in [4.78, 5) is 22.0. The van der Waals surface area contributed by atoms with E-state index in [1.165, 1.54) is 20.5 Å². The van der Waals surface area contributed by atoms with E-state index in [-0.39, 0.29) is 0 Å². The molecule has 0 bridgehead atoms. The highest BCUT2D eigenvalue weighted by molar-refractivity contribution is 7.24. The van der Waals surface area contributed by atoms with Crippen LogP contribution < -0.4 is 0 Å². The fourth-order valence-electron chi connectivity index (χ4n) is 8.15. The normalized spacial score (nSPS) is 11.3. The third kappa shape index (κ3) is 6.97. The highest BCUT2D eigenvalue weighted by Gasteiger charge is 2.23. The molecule has 3 heterocycles. The molecular weight excluding hydrogens is 761 g/mol. The van der Waals surface area contributed by atoms with Gasteiger partial charge in [0.25, 0.3) is 0 Å². The first-order valence-electron chi connectivity index (χ1n) is 20.4. The van der Waals surface area contributed by atoms with Crippen LogP contribution in [-0.2, 0) is 0 Å². The van der Waals surface area contributed by atoms with Crippen LogP contribution in [0.25, 0.3) is 110 Å². The highest BCUT2D eigenvalue weighted by atomic mass is 32.1. The van der Waals surface area contributed by atoms with Gasteiger partial charge in [0.05, 0.1) is 11.2 Å². The van der Waals surface area contributed by atoms with Crippen molar-refractivity contribution in [1.29, 1.82) is 0 Å². The van der Waals surface area contributed by atoms with Gasteiger partial charge < -0.3 is 0 Å². The van der Waals surface area contributed by atoms with Gasteiger partial charge in [0, 0.05) is 48.2 Å². The Bertz CT molecular complexity index is 3230. The first kappa shape index (κ1) is 36.2. The molecule has 11 rings (SSSR count). The topological polar surface area (TPSA) is 51.6 Å². The minimum atomic E-state index is 0.614. The number of rotatable bonds is 8. The number of fused-ring (bicyclic) bond motifs is 3. The van der Waals surface area contributed by atoms with E-state index in [0.717, 1.165) is 72.2 Å². The van der Waals surface area contributed by atoms with Crippen molar-refractivity contribution in [2.45, 2.75) is 0 Å². The molecule has 5 heteroatoms. The van der Waals surface area contributed by atoms with Gasteiger partial charge in [-0.15, -0.1) is 11.3 Å². The second-order valence-electron chi connectivity index (χ2n) is 15.0. The maximum absolute atomic E-state index is 5.32. The van der Waals surface area contributed by atoms with E-state index < -0.39 is 0 Å². The Morgan fingerprint density at radius 1 is 0.295 bits per heavy atom. The van der Waals surface area contributed by atoms with Crippen molar-refractivity contribution in [3.05, 3.63) is 218 Å². The van der Waals surface area contributed by atoms with Crippen LogP contribution in [0.5, 0.6) is 0 Å². The lowest BCUT2D eigenvalue weighted by molar-refractivity contribution is 1.07. The lowest BCUT2D eigenvalue weighted by atomic mass is 9.95. The number of aromatic nitrogens is 4. The zero-order valence-corrected chi connectivity index (χ0v) is 33.8. The largest absolute Gasteiger partial charge is 0.247 e. The summed E-state index contributed by atoms with van der Waals surface area (Å²) in [6, 6.07) is 76.2. The Morgan fingerprint density at radius 2 is 0.721 bits per heavy atom. The Hall–Kier alpha value is -7.86. The summed E-state index contributed by atoms with van der Waals surface area (Å²) >= 11 is 1.83. The summed E-state index contributed by atoms with van der Waals surface area (Å²) in [7, 11) is 0. The SMILES string of the molecule is c1ccc(-c2cccc(-c3nc(-c4ccc(-c5sc6c(c(-c7ccccc7)nc7ccccc76)c5-c5ccccc5)cc4)nc(-c4cccc(-c5ccccc5)c4)n3)c2)cc1. The average molecular weight is 797 g/mol. The van der Waals surface area contributed by atoms with Gasteiger partial charge in [-0.1, -0.05) is 200 Å². The van der Waals surface area contributed by atoms with Crippen LogP contribution in [0.2, 0.25) is 0 Å². The highest BCUT2D eigenvalue weighted by Crippen LogP contribution is 2.50. The Labute approximate surface area is 358 Å². The second kappa shape index (κ2) is 15.7. The minimum Gasteiger partial charge on any atom is -0.247 e. The van der Waals surface area contributed by atoms with E-state index in [0.29, 0.717) is 17.5 Å². The van der Waals surface area contributed by atoms with E-state index in [4.69, 9.17) is 19.9 Å². The van der Waals surface area contributed by atoms with Crippen LogP contribution in [0.15, 0.2) is 218 Å². The smallest absolute Gasteiger partial charge is 0.164 e. The molecule has 0 N–H and O–H groups in total. The van der Waals surface area contributed by atoms with Crippen LogP contribution in [-0.4, -0.2) is 19.9 Å². The number of nitrogens with zero attached hydrogens (tertiary/aromatic N) is 4. The summed E-state index contributed by atoms with van der Waals surface area (Å²) in [6.07, 6.45) is 0. The molecule has 61 heavy (non-hydrogen) atoms. The molecule has 0 amide bonds. The van der Waals surface area contributed by atoms with Crippen LogP contribution in [0.4, 0.5) is 0 Å². The minimum absolute atomic E-state index is 0.614. The number of para-hydroxylation sites is 1. The summed E-state index contributed by atoms with van der Waals surface area (Å²) in [6.45, 7) is 0. The molecule has 0 unspecified atom stereocenters. The molecule has 0 aliphatic carbocycles. The number of hydrogen-bond acceptors (Lipinski definition) is 5. The zero-order chi connectivity index (χ0) is 40.5. The molecule has 0 saturated carbocycles. The van der Waals surface area contributed by atoms with Gasteiger partial charge in [-0.3, -0.25) is 0 Å². The van der Waals surface area contributed by atoms with Gasteiger partial charge in [0.1, 0.15) is 0 Å². The Balaban J connectivity index is 1.07. The lowest BCUT2D eigenvalue weighted by Crippen LogP contribution is -2.00. The van der Waals surface area contributed by atoms with E-state index in [1.807, 2.05) is 23.5 Å². The van der Waals surface area contributed by atoms with Crippen molar-refractivity contribution in [1.82, 2.24) is 19.9 Å². The van der Waals surface area contributed by atoms with E-state index in [2.05, 4.69) is 206 Å². The summed E-state index contributed by atoms with van der Waals surface area (Å²) in [5, 5.41) is 2.32. The number of hydrogen-bond donors (Lipinski definition) is 0. The summed E-state index contributed by atoms with van der Waals surface area (Å²) in [5.41, 5.74) is 13.8. The molecule has 286 valence electrons. The number of pyridine rings is 1. The molecule has 11 aromatic rings. The molecule has 0 radical (unpaired) electrons. The monoisotopic (exact) mass is 796 g/mol. The van der Waals surface area contributed by atoms with Crippen molar-refractivity contribution in [3.63, 3.8) is 0 Å². The van der Waals surface area contributed by atoms with Crippen LogP contribution in [0, 0.1) is 0 Å². The number of thiophene rings is 1. The van der Waals surface area contributed by atoms with Crippen molar-refractivity contribution in [2.24, 2.45) is 0 Å². The molecule has 0 aliphatic heterocycles. The fourth-order valence-corrected chi connectivity index (χ4v) is 9.51. The van der Waals surface area contributed by atoms with Gasteiger partial charge in [0.15, 0.2) is 17.5 Å². The molecule has 0 fully saturated rings. The molecular formula is C56H36N4S. The standard InChI is InChI=1S/C56H36N4S/c1-5-17-37(18-6-1)43-25-15-27-45(35-43)55-58-54(59-56(60-55)46-28-16-26-44(36-46)38-19-7-2-8-20-38)42-33-31-41(32-34-42)52-49(39-21-9-3-10-22-39)50-51(40-23-11-4-12-24-40)57-48-30-14-13-29-47(48)53(50)61-52/h1-36H. The summed E-state index contributed by atoms with van der Waals surface area (Å²) < 4.78 is 1.23. The molecule has 0 spiro atoms. The third-order valence-electron chi connectivity index (χ3n) is 11.1. The average Bonchev–Trinajstić information content (AvgIpc) is 3.76. The molecule has 3 aromatic heterocycles. The van der Waals surface area contributed by atoms with Crippen molar-refractivity contribution in [3.8, 4) is 89.2 Å². The quantitative estimate of drug-likeness (QED) is 0.154. The third-order valence-corrected chi connectivity index (χ3v) is 12.4. The van der Waals surface area contributed by atoms with E-state index in [9.17, 15) is 0 Å².